The van der Waals surface area contributed by atoms with Crippen LogP contribution < -0.4 is 5.32 Å². The predicted octanol–water partition coefficient (Wildman–Crippen LogP) is 3.10. The summed E-state index contributed by atoms with van der Waals surface area (Å²) in [5.41, 5.74) is -1.09. The number of hydrogen-bond donors (Lipinski definition) is 2. The quantitative estimate of drug-likeness (QED) is 0.347. The van der Waals surface area contributed by atoms with Crippen molar-refractivity contribution in [2.24, 2.45) is 0 Å². The average molecular weight is 281 g/mol. The Morgan fingerprint density at radius 1 is 0.947 bits per heavy atom. The van der Waals surface area contributed by atoms with E-state index >= 15 is 0 Å². The molecule has 19 heavy (non-hydrogen) atoms. The van der Waals surface area contributed by atoms with Gasteiger partial charge in [-0.1, -0.05) is 58.3 Å². The first-order chi connectivity index (χ1) is 8.45. The SMILES string of the molecule is CCCCCCCCCCCC(=O)NC(C)(C)O.[NaH]. The molecule has 4 heteroatoms. The zero-order valence-electron chi connectivity index (χ0n) is 12.4. The summed E-state index contributed by atoms with van der Waals surface area (Å²) in [4.78, 5) is 11.4. The minimum atomic E-state index is -1.09. The Balaban J connectivity index is 0. The van der Waals surface area contributed by atoms with E-state index in [1.165, 1.54) is 44.9 Å². The molecule has 0 saturated carbocycles. The number of unbranched alkanes of at least 4 members (excludes halogenated alkanes) is 8. The van der Waals surface area contributed by atoms with E-state index < -0.39 is 5.72 Å². The van der Waals surface area contributed by atoms with Crippen molar-refractivity contribution in [1.29, 1.82) is 0 Å². The summed E-state index contributed by atoms with van der Waals surface area (Å²) in [6.45, 7) is 5.40. The first-order valence-electron chi connectivity index (χ1n) is 7.49. The standard InChI is InChI=1S/C15H31NO2.Na.H/c1-4-5-6-7-8-9-10-11-12-13-14(17)16-15(2,3)18;;/h18H,4-13H2,1-3H3,(H,16,17);;. The van der Waals surface area contributed by atoms with Crippen molar-refractivity contribution in [2.75, 3.05) is 0 Å². The summed E-state index contributed by atoms with van der Waals surface area (Å²) >= 11 is 0. The van der Waals surface area contributed by atoms with E-state index in [1.807, 2.05) is 0 Å². The van der Waals surface area contributed by atoms with Gasteiger partial charge in [-0.2, -0.15) is 0 Å². The van der Waals surface area contributed by atoms with E-state index in [0.717, 1.165) is 12.8 Å². The van der Waals surface area contributed by atoms with Crippen LogP contribution in [0.2, 0.25) is 0 Å². The van der Waals surface area contributed by atoms with Gasteiger partial charge < -0.3 is 10.4 Å². The molecule has 110 valence electrons. The molecule has 0 aromatic heterocycles. The van der Waals surface area contributed by atoms with Gasteiger partial charge in [0.05, 0.1) is 0 Å². The third-order valence-corrected chi connectivity index (χ3v) is 2.95. The molecular formula is C15H32NNaO2. The Labute approximate surface area is 141 Å². The van der Waals surface area contributed by atoms with Crippen LogP contribution in [0.25, 0.3) is 0 Å². The Morgan fingerprint density at radius 2 is 1.37 bits per heavy atom. The summed E-state index contributed by atoms with van der Waals surface area (Å²) in [5.74, 6) is -0.0505. The summed E-state index contributed by atoms with van der Waals surface area (Å²) in [6.07, 6.45) is 11.8. The fourth-order valence-corrected chi connectivity index (χ4v) is 2.00. The van der Waals surface area contributed by atoms with Gasteiger partial charge in [0.1, 0.15) is 5.72 Å². The predicted molar refractivity (Wildman–Crippen MR) is 83.4 cm³/mol. The van der Waals surface area contributed by atoms with Gasteiger partial charge >= 0.3 is 29.6 Å². The van der Waals surface area contributed by atoms with Crippen LogP contribution in [0.1, 0.15) is 85.0 Å². The van der Waals surface area contributed by atoms with Crippen molar-refractivity contribution in [3.05, 3.63) is 0 Å². The molecule has 0 bridgehead atoms. The number of rotatable bonds is 11. The van der Waals surface area contributed by atoms with Crippen LogP contribution in [0.15, 0.2) is 0 Å². The number of carbonyl (C=O) groups is 1. The second-order valence-corrected chi connectivity index (χ2v) is 5.69. The van der Waals surface area contributed by atoms with Gasteiger partial charge in [0.25, 0.3) is 0 Å². The molecule has 3 nitrogen and oxygen atoms in total. The third-order valence-electron chi connectivity index (χ3n) is 2.95. The Bertz CT molecular complexity index is 215. The molecule has 0 aromatic rings. The first-order valence-corrected chi connectivity index (χ1v) is 7.49. The molecule has 0 heterocycles. The van der Waals surface area contributed by atoms with Gasteiger partial charge in [-0.3, -0.25) is 4.79 Å². The van der Waals surface area contributed by atoms with Crippen LogP contribution >= 0.6 is 0 Å². The number of hydrogen-bond acceptors (Lipinski definition) is 2. The fraction of sp³-hybridized carbons (Fsp3) is 0.933. The Morgan fingerprint density at radius 3 is 1.79 bits per heavy atom. The van der Waals surface area contributed by atoms with Crippen LogP contribution in [-0.4, -0.2) is 46.3 Å². The molecule has 0 spiro atoms. The topological polar surface area (TPSA) is 49.3 Å². The van der Waals surface area contributed by atoms with Crippen LogP contribution in [0.3, 0.4) is 0 Å². The van der Waals surface area contributed by atoms with Gasteiger partial charge in [0.2, 0.25) is 5.91 Å². The zero-order valence-corrected chi connectivity index (χ0v) is 12.4. The van der Waals surface area contributed by atoms with Crippen molar-refractivity contribution in [1.82, 2.24) is 5.32 Å². The molecule has 0 unspecified atom stereocenters. The van der Waals surface area contributed by atoms with Crippen LogP contribution in [0.5, 0.6) is 0 Å². The Kier molecular flexibility index (Phi) is 15.3. The molecular weight excluding hydrogens is 249 g/mol. The molecule has 0 aromatic carbocycles. The van der Waals surface area contributed by atoms with Crippen LogP contribution in [0.4, 0.5) is 0 Å². The van der Waals surface area contributed by atoms with Gasteiger partial charge in [-0.15, -0.1) is 0 Å². The van der Waals surface area contributed by atoms with Crippen molar-refractivity contribution < 1.29 is 9.90 Å². The number of nitrogens with one attached hydrogen (secondary N) is 1. The van der Waals surface area contributed by atoms with Gasteiger partial charge in [0, 0.05) is 6.42 Å². The first kappa shape index (κ1) is 21.7. The van der Waals surface area contributed by atoms with E-state index in [0.29, 0.717) is 6.42 Å². The summed E-state index contributed by atoms with van der Waals surface area (Å²) in [7, 11) is 0. The monoisotopic (exact) mass is 281 g/mol. The summed E-state index contributed by atoms with van der Waals surface area (Å²) in [6, 6.07) is 0. The van der Waals surface area contributed by atoms with Crippen LogP contribution in [-0.2, 0) is 4.79 Å². The molecule has 1 amide bonds. The molecule has 0 saturated heterocycles. The molecule has 0 atom stereocenters. The molecule has 0 aliphatic heterocycles. The van der Waals surface area contributed by atoms with E-state index in [4.69, 9.17) is 0 Å². The normalized spacial score (nSPS) is 10.9. The summed E-state index contributed by atoms with van der Waals surface area (Å²) < 4.78 is 0. The zero-order chi connectivity index (χ0) is 13.9. The van der Waals surface area contributed by atoms with E-state index in [2.05, 4.69) is 12.2 Å². The fourth-order valence-electron chi connectivity index (χ4n) is 2.00. The maximum atomic E-state index is 11.4. The van der Waals surface area contributed by atoms with Gasteiger partial charge in [-0.25, -0.2) is 0 Å². The second kappa shape index (κ2) is 13.4. The molecule has 0 rings (SSSR count). The molecule has 0 aliphatic rings. The van der Waals surface area contributed by atoms with E-state index in [-0.39, 0.29) is 35.5 Å². The third kappa shape index (κ3) is 18.4. The molecule has 0 fully saturated rings. The molecule has 0 radical (unpaired) electrons. The van der Waals surface area contributed by atoms with Crippen molar-refractivity contribution >= 4 is 35.5 Å². The second-order valence-electron chi connectivity index (χ2n) is 5.69. The molecule has 0 aliphatic carbocycles. The van der Waals surface area contributed by atoms with Crippen molar-refractivity contribution in [3.63, 3.8) is 0 Å². The van der Waals surface area contributed by atoms with Crippen LogP contribution in [0, 0.1) is 0 Å². The average Bonchev–Trinajstić information content (AvgIpc) is 2.24. The van der Waals surface area contributed by atoms with Gasteiger partial charge in [-0.05, 0) is 20.3 Å². The number of carbonyl (C=O) groups excluding carboxylic acids is 1. The van der Waals surface area contributed by atoms with Crippen molar-refractivity contribution in [3.8, 4) is 0 Å². The number of aliphatic hydroxyl groups is 1. The maximum absolute atomic E-state index is 11.4. The van der Waals surface area contributed by atoms with Crippen molar-refractivity contribution in [2.45, 2.75) is 90.7 Å². The Hall–Kier alpha value is 0.430. The minimum absolute atomic E-state index is 0. The van der Waals surface area contributed by atoms with E-state index in [1.54, 1.807) is 13.8 Å². The summed E-state index contributed by atoms with van der Waals surface area (Å²) in [5, 5.41) is 12.0. The number of amides is 1. The molecule has 2 N–H and O–H groups in total. The van der Waals surface area contributed by atoms with Gasteiger partial charge in [0.15, 0.2) is 0 Å². The van der Waals surface area contributed by atoms with E-state index in [9.17, 15) is 9.90 Å².